The summed E-state index contributed by atoms with van der Waals surface area (Å²) in [6.07, 6.45) is 2.82. The molecule has 0 fully saturated rings. The highest BCUT2D eigenvalue weighted by Gasteiger charge is 2.22. The maximum atomic E-state index is 13.5. The van der Waals surface area contributed by atoms with Gasteiger partial charge in [-0.2, -0.15) is 0 Å². The van der Waals surface area contributed by atoms with Crippen LogP contribution in [0, 0.1) is 5.82 Å². The Labute approximate surface area is 103 Å². The van der Waals surface area contributed by atoms with Crippen LogP contribution in [-0.2, 0) is 11.2 Å². The number of nitrogens with zero attached hydrogens (tertiary/aromatic N) is 2. The summed E-state index contributed by atoms with van der Waals surface area (Å²) in [5.41, 5.74) is 0.740. The predicted molar refractivity (Wildman–Crippen MR) is 62.5 cm³/mol. The number of hydrogen-bond acceptors (Lipinski definition) is 3. The van der Waals surface area contributed by atoms with Gasteiger partial charge in [-0.05, 0) is 24.1 Å². The van der Waals surface area contributed by atoms with Gasteiger partial charge in [0.1, 0.15) is 18.1 Å². The first-order valence-electron chi connectivity index (χ1n) is 5.40. The molecule has 0 amide bonds. The Morgan fingerprint density at radius 1 is 1.33 bits per heavy atom. The predicted octanol–water partition coefficient (Wildman–Crippen LogP) is 2.03. The number of benzene rings is 1. The summed E-state index contributed by atoms with van der Waals surface area (Å²) in [6, 6.07) is 7.66. The van der Waals surface area contributed by atoms with Crippen molar-refractivity contribution in [1.82, 2.24) is 9.97 Å². The molecule has 0 aliphatic carbocycles. The summed E-state index contributed by atoms with van der Waals surface area (Å²) in [5, 5.41) is 9.20. The molecule has 2 rings (SSSR count). The molecular formula is C13H11FN2O2. The minimum Gasteiger partial charge on any atom is -0.481 e. The number of carbonyl (C=O) groups is 1. The van der Waals surface area contributed by atoms with Crippen molar-refractivity contribution in [2.75, 3.05) is 0 Å². The fourth-order valence-corrected chi connectivity index (χ4v) is 1.71. The zero-order chi connectivity index (χ0) is 13.0. The largest absolute Gasteiger partial charge is 0.481 e. The molecule has 4 nitrogen and oxygen atoms in total. The minimum atomic E-state index is -1.03. The SMILES string of the molecule is O=C(O)C(Cc1ccccc1F)c1ccncn1. The third-order valence-electron chi connectivity index (χ3n) is 2.64. The second-order valence-corrected chi connectivity index (χ2v) is 3.82. The van der Waals surface area contributed by atoms with E-state index in [1.54, 1.807) is 18.2 Å². The monoisotopic (exact) mass is 246 g/mol. The molecule has 2 aromatic rings. The van der Waals surface area contributed by atoms with Crippen molar-refractivity contribution in [3.05, 3.63) is 59.9 Å². The van der Waals surface area contributed by atoms with Crippen LogP contribution >= 0.6 is 0 Å². The average molecular weight is 246 g/mol. The van der Waals surface area contributed by atoms with Crippen LogP contribution in [0.1, 0.15) is 17.2 Å². The van der Waals surface area contributed by atoms with Gasteiger partial charge in [-0.3, -0.25) is 4.79 Å². The number of aliphatic carboxylic acids is 1. The molecule has 0 radical (unpaired) electrons. The van der Waals surface area contributed by atoms with Crippen LogP contribution in [0.2, 0.25) is 0 Å². The van der Waals surface area contributed by atoms with Gasteiger partial charge in [0, 0.05) is 6.20 Å². The number of halogens is 1. The van der Waals surface area contributed by atoms with E-state index < -0.39 is 17.7 Å². The van der Waals surface area contributed by atoms with Gasteiger partial charge < -0.3 is 5.11 Å². The maximum Gasteiger partial charge on any atom is 0.312 e. The van der Waals surface area contributed by atoms with E-state index in [2.05, 4.69) is 9.97 Å². The molecule has 1 aromatic carbocycles. The molecular weight excluding hydrogens is 235 g/mol. The van der Waals surface area contributed by atoms with E-state index in [-0.39, 0.29) is 6.42 Å². The molecule has 0 bridgehead atoms. The second-order valence-electron chi connectivity index (χ2n) is 3.82. The van der Waals surface area contributed by atoms with E-state index >= 15 is 0 Å². The molecule has 0 spiro atoms. The summed E-state index contributed by atoms with van der Waals surface area (Å²) in [5.74, 6) is -2.31. The highest BCUT2D eigenvalue weighted by atomic mass is 19.1. The first-order chi connectivity index (χ1) is 8.68. The Morgan fingerprint density at radius 3 is 2.72 bits per heavy atom. The lowest BCUT2D eigenvalue weighted by molar-refractivity contribution is -0.138. The molecule has 0 aliphatic rings. The van der Waals surface area contributed by atoms with Crippen molar-refractivity contribution in [1.29, 1.82) is 0 Å². The molecule has 0 aliphatic heterocycles. The standard InChI is InChI=1S/C13H11FN2O2/c14-11-4-2-1-3-9(11)7-10(13(17)18)12-5-6-15-8-16-12/h1-6,8,10H,7H2,(H,17,18). The lowest BCUT2D eigenvalue weighted by atomic mass is 9.96. The number of rotatable bonds is 4. The van der Waals surface area contributed by atoms with Gasteiger partial charge in [-0.1, -0.05) is 18.2 Å². The van der Waals surface area contributed by atoms with Crippen molar-refractivity contribution in [2.24, 2.45) is 0 Å². The Balaban J connectivity index is 2.28. The molecule has 1 atom stereocenters. The Hall–Kier alpha value is -2.30. The Kier molecular flexibility index (Phi) is 3.62. The van der Waals surface area contributed by atoms with E-state index in [0.29, 0.717) is 11.3 Å². The van der Waals surface area contributed by atoms with Gasteiger partial charge in [0.2, 0.25) is 0 Å². The van der Waals surface area contributed by atoms with Crippen LogP contribution in [0.3, 0.4) is 0 Å². The Bertz CT molecular complexity index is 546. The topological polar surface area (TPSA) is 63.1 Å². The molecule has 0 saturated carbocycles. The normalized spacial score (nSPS) is 12.1. The molecule has 0 saturated heterocycles. The van der Waals surface area contributed by atoms with Gasteiger partial charge in [0.05, 0.1) is 5.69 Å². The number of hydrogen-bond donors (Lipinski definition) is 1. The fourth-order valence-electron chi connectivity index (χ4n) is 1.71. The van der Waals surface area contributed by atoms with E-state index in [1.165, 1.54) is 24.7 Å². The highest BCUT2D eigenvalue weighted by molar-refractivity contribution is 5.75. The quantitative estimate of drug-likeness (QED) is 0.896. The van der Waals surface area contributed by atoms with Gasteiger partial charge in [-0.15, -0.1) is 0 Å². The van der Waals surface area contributed by atoms with Crippen molar-refractivity contribution >= 4 is 5.97 Å². The van der Waals surface area contributed by atoms with Crippen molar-refractivity contribution in [2.45, 2.75) is 12.3 Å². The first-order valence-corrected chi connectivity index (χ1v) is 5.40. The molecule has 1 unspecified atom stereocenters. The van der Waals surface area contributed by atoms with Crippen molar-refractivity contribution in [3.8, 4) is 0 Å². The van der Waals surface area contributed by atoms with Gasteiger partial charge in [0.25, 0.3) is 0 Å². The average Bonchev–Trinajstić information content (AvgIpc) is 2.38. The van der Waals surface area contributed by atoms with E-state index in [9.17, 15) is 14.3 Å². The molecule has 1 heterocycles. The number of carboxylic acid groups (broad SMARTS) is 1. The minimum absolute atomic E-state index is 0.0685. The molecule has 92 valence electrons. The van der Waals surface area contributed by atoms with E-state index in [4.69, 9.17) is 0 Å². The zero-order valence-electron chi connectivity index (χ0n) is 9.45. The van der Waals surface area contributed by atoms with Crippen molar-refractivity contribution < 1.29 is 14.3 Å². The van der Waals surface area contributed by atoms with Gasteiger partial charge in [-0.25, -0.2) is 14.4 Å². The third kappa shape index (κ3) is 2.68. The Morgan fingerprint density at radius 2 is 2.11 bits per heavy atom. The van der Waals surface area contributed by atoms with Gasteiger partial charge in [0.15, 0.2) is 0 Å². The molecule has 1 aromatic heterocycles. The number of aromatic nitrogens is 2. The van der Waals surface area contributed by atoms with Gasteiger partial charge >= 0.3 is 5.97 Å². The van der Waals surface area contributed by atoms with Crippen LogP contribution in [0.5, 0.6) is 0 Å². The molecule has 18 heavy (non-hydrogen) atoms. The maximum absolute atomic E-state index is 13.5. The molecule has 5 heteroatoms. The van der Waals surface area contributed by atoms with E-state index in [0.717, 1.165) is 0 Å². The van der Waals surface area contributed by atoms with Crippen LogP contribution in [0.15, 0.2) is 42.9 Å². The zero-order valence-corrected chi connectivity index (χ0v) is 9.45. The summed E-state index contributed by atoms with van der Waals surface area (Å²) >= 11 is 0. The third-order valence-corrected chi connectivity index (χ3v) is 2.64. The van der Waals surface area contributed by atoms with Crippen LogP contribution < -0.4 is 0 Å². The lowest BCUT2D eigenvalue weighted by Gasteiger charge is -2.11. The summed E-state index contributed by atoms with van der Waals surface area (Å²) in [4.78, 5) is 18.9. The lowest BCUT2D eigenvalue weighted by Crippen LogP contribution is -2.16. The summed E-state index contributed by atoms with van der Waals surface area (Å²) in [6.45, 7) is 0. The summed E-state index contributed by atoms with van der Waals surface area (Å²) in [7, 11) is 0. The number of carboxylic acids is 1. The van der Waals surface area contributed by atoms with Crippen LogP contribution in [0.25, 0.3) is 0 Å². The van der Waals surface area contributed by atoms with Crippen molar-refractivity contribution in [3.63, 3.8) is 0 Å². The molecule has 1 N–H and O–H groups in total. The van der Waals surface area contributed by atoms with Crippen LogP contribution in [-0.4, -0.2) is 21.0 Å². The highest BCUT2D eigenvalue weighted by Crippen LogP contribution is 2.20. The first kappa shape index (κ1) is 12.2. The fraction of sp³-hybridized carbons (Fsp3) is 0.154. The van der Waals surface area contributed by atoms with E-state index in [1.807, 2.05) is 0 Å². The second kappa shape index (κ2) is 5.35. The van der Waals surface area contributed by atoms with Crippen LogP contribution in [0.4, 0.5) is 4.39 Å². The summed E-state index contributed by atoms with van der Waals surface area (Å²) < 4.78 is 13.5. The smallest absolute Gasteiger partial charge is 0.312 e.